The van der Waals surface area contributed by atoms with E-state index in [0.717, 1.165) is 18.2 Å². The lowest BCUT2D eigenvalue weighted by atomic mass is 10.3. The maximum Gasteiger partial charge on any atom is 0.335 e. The van der Waals surface area contributed by atoms with E-state index in [4.69, 9.17) is 11.6 Å². The highest BCUT2D eigenvalue weighted by Gasteiger charge is 2.17. The van der Waals surface area contributed by atoms with Crippen LogP contribution in [0, 0.1) is 11.6 Å². The zero-order valence-corrected chi connectivity index (χ0v) is 9.33. The van der Waals surface area contributed by atoms with Crippen LogP contribution in [0.2, 0.25) is 5.02 Å². The van der Waals surface area contributed by atoms with Crippen LogP contribution in [0.5, 0.6) is 5.88 Å². The second kappa shape index (κ2) is 4.26. The molecule has 0 aliphatic carbocycles. The first kappa shape index (κ1) is 12.3. The Morgan fingerprint density at radius 1 is 1.28 bits per heavy atom. The summed E-state index contributed by atoms with van der Waals surface area (Å²) in [6.07, 6.45) is 0. The van der Waals surface area contributed by atoms with Gasteiger partial charge in [-0.2, -0.15) is 4.39 Å². The number of benzene rings is 1. The molecular weight excluding hydrogens is 270 g/mol. The van der Waals surface area contributed by atoms with Crippen LogP contribution in [-0.4, -0.2) is 14.7 Å². The van der Waals surface area contributed by atoms with E-state index in [2.05, 4.69) is 0 Å². The zero-order valence-electron chi connectivity index (χ0n) is 8.58. The van der Waals surface area contributed by atoms with Gasteiger partial charge in [0, 0.05) is 0 Å². The number of hydrogen-bond donors (Lipinski definition) is 2. The third kappa shape index (κ3) is 1.88. The molecule has 8 heteroatoms. The average Bonchev–Trinajstić information content (AvgIpc) is 2.31. The molecule has 5 nitrogen and oxygen atoms in total. The van der Waals surface area contributed by atoms with Crippen molar-refractivity contribution < 1.29 is 13.9 Å². The number of rotatable bonds is 1. The van der Waals surface area contributed by atoms with E-state index in [-0.39, 0.29) is 10.7 Å². The molecule has 0 bridgehead atoms. The lowest BCUT2D eigenvalue weighted by Crippen LogP contribution is -2.31. The molecule has 1 heterocycles. The fraction of sp³-hybridized carbons (Fsp3) is 0. The molecule has 1 aromatic heterocycles. The van der Waals surface area contributed by atoms with Gasteiger partial charge in [-0.15, -0.1) is 0 Å². The first-order valence-corrected chi connectivity index (χ1v) is 4.99. The molecule has 0 unspecified atom stereocenters. The summed E-state index contributed by atoms with van der Waals surface area (Å²) in [5, 5.41) is 9.32. The molecule has 0 aliphatic heterocycles. The largest absolute Gasteiger partial charge is 0.492 e. The quantitative estimate of drug-likeness (QED) is 0.819. The van der Waals surface area contributed by atoms with Gasteiger partial charge in [0.2, 0.25) is 11.7 Å². The standard InChI is InChI=1S/C10H5ClF2N2O3/c11-5-2-1-4(12)3-6(5)15-9(17)7(13)8(16)14-10(15)18/h1-3,17H,(H,14,16,18). The number of aromatic hydroxyl groups is 1. The van der Waals surface area contributed by atoms with Gasteiger partial charge in [-0.1, -0.05) is 11.6 Å². The highest BCUT2D eigenvalue weighted by Crippen LogP contribution is 2.23. The molecule has 0 atom stereocenters. The summed E-state index contributed by atoms with van der Waals surface area (Å²) < 4.78 is 26.6. The van der Waals surface area contributed by atoms with Crippen molar-refractivity contribution in [1.82, 2.24) is 9.55 Å². The van der Waals surface area contributed by atoms with Gasteiger partial charge in [-0.3, -0.25) is 9.78 Å². The third-order valence-corrected chi connectivity index (χ3v) is 2.50. The second-order valence-corrected chi connectivity index (χ2v) is 3.74. The van der Waals surface area contributed by atoms with E-state index in [1.165, 1.54) is 0 Å². The molecule has 2 N–H and O–H groups in total. The molecule has 2 aromatic rings. The molecule has 1 aromatic carbocycles. The van der Waals surface area contributed by atoms with Gasteiger partial charge >= 0.3 is 5.69 Å². The minimum atomic E-state index is -1.56. The Hall–Kier alpha value is -2.15. The number of halogens is 3. The summed E-state index contributed by atoms with van der Waals surface area (Å²) in [6.45, 7) is 0. The molecule has 0 spiro atoms. The Labute approximate surface area is 103 Å². The molecule has 2 rings (SSSR count). The smallest absolute Gasteiger partial charge is 0.335 e. The minimum Gasteiger partial charge on any atom is -0.492 e. The molecule has 0 fully saturated rings. The molecule has 0 amide bonds. The van der Waals surface area contributed by atoms with E-state index in [9.17, 15) is 23.5 Å². The van der Waals surface area contributed by atoms with Crippen LogP contribution < -0.4 is 11.2 Å². The van der Waals surface area contributed by atoms with Crippen LogP contribution in [-0.2, 0) is 0 Å². The van der Waals surface area contributed by atoms with Crippen molar-refractivity contribution >= 4 is 11.6 Å². The molecule has 0 saturated carbocycles. The third-order valence-electron chi connectivity index (χ3n) is 2.18. The zero-order chi connectivity index (χ0) is 13.4. The maximum atomic E-state index is 13.2. The fourth-order valence-electron chi connectivity index (χ4n) is 1.38. The summed E-state index contributed by atoms with van der Waals surface area (Å²) in [7, 11) is 0. The Morgan fingerprint density at radius 3 is 2.61 bits per heavy atom. The highest BCUT2D eigenvalue weighted by molar-refractivity contribution is 6.32. The number of hydrogen-bond acceptors (Lipinski definition) is 3. The maximum absolute atomic E-state index is 13.2. The monoisotopic (exact) mass is 274 g/mol. The number of nitrogens with one attached hydrogen (secondary N) is 1. The molecule has 0 aliphatic rings. The van der Waals surface area contributed by atoms with Gasteiger partial charge in [-0.05, 0) is 18.2 Å². The minimum absolute atomic E-state index is 0.0970. The average molecular weight is 275 g/mol. The topological polar surface area (TPSA) is 75.1 Å². The Morgan fingerprint density at radius 2 is 1.94 bits per heavy atom. The van der Waals surface area contributed by atoms with Crippen LogP contribution in [0.1, 0.15) is 0 Å². The predicted molar refractivity (Wildman–Crippen MR) is 59.3 cm³/mol. The fourth-order valence-corrected chi connectivity index (χ4v) is 1.59. The van der Waals surface area contributed by atoms with Crippen molar-refractivity contribution in [3.63, 3.8) is 0 Å². The lowest BCUT2D eigenvalue weighted by Gasteiger charge is -2.09. The van der Waals surface area contributed by atoms with Crippen molar-refractivity contribution in [3.05, 3.63) is 55.7 Å². The first-order valence-electron chi connectivity index (χ1n) is 4.61. The molecule has 0 radical (unpaired) electrons. The molecule has 18 heavy (non-hydrogen) atoms. The second-order valence-electron chi connectivity index (χ2n) is 3.33. The van der Waals surface area contributed by atoms with E-state index in [0.29, 0.717) is 4.57 Å². The van der Waals surface area contributed by atoms with Crippen LogP contribution in [0.25, 0.3) is 5.69 Å². The normalized spacial score (nSPS) is 10.6. The summed E-state index contributed by atoms with van der Waals surface area (Å²) in [5.74, 6) is -3.54. The van der Waals surface area contributed by atoms with E-state index < -0.39 is 28.8 Å². The van der Waals surface area contributed by atoms with Crippen LogP contribution in [0.4, 0.5) is 8.78 Å². The van der Waals surface area contributed by atoms with E-state index in [1.54, 1.807) is 4.98 Å². The number of aromatic amines is 1. The van der Waals surface area contributed by atoms with Crippen molar-refractivity contribution in [1.29, 1.82) is 0 Å². The lowest BCUT2D eigenvalue weighted by molar-refractivity contribution is 0.386. The van der Waals surface area contributed by atoms with E-state index >= 15 is 0 Å². The van der Waals surface area contributed by atoms with Gasteiger partial charge in [0.25, 0.3) is 5.56 Å². The number of aromatic nitrogens is 2. The summed E-state index contributed by atoms with van der Waals surface area (Å²) in [4.78, 5) is 24.0. The summed E-state index contributed by atoms with van der Waals surface area (Å²) in [6, 6.07) is 2.97. The van der Waals surface area contributed by atoms with Gasteiger partial charge in [0.05, 0.1) is 10.7 Å². The highest BCUT2D eigenvalue weighted by atomic mass is 35.5. The van der Waals surface area contributed by atoms with Crippen molar-refractivity contribution in [2.75, 3.05) is 0 Å². The molecular formula is C10H5ClF2N2O3. The summed E-state index contributed by atoms with van der Waals surface area (Å²) >= 11 is 5.71. The predicted octanol–water partition coefficient (Wildman–Crippen LogP) is 1.16. The van der Waals surface area contributed by atoms with Crippen LogP contribution >= 0.6 is 11.6 Å². The molecule has 94 valence electrons. The van der Waals surface area contributed by atoms with Gasteiger partial charge in [-0.25, -0.2) is 13.8 Å². The Bertz CT molecular complexity index is 739. The summed E-state index contributed by atoms with van der Waals surface area (Å²) in [5.41, 5.74) is -2.79. The molecule has 0 saturated heterocycles. The van der Waals surface area contributed by atoms with Gasteiger partial charge in [0.1, 0.15) is 5.82 Å². The number of nitrogens with zero attached hydrogens (tertiary/aromatic N) is 1. The van der Waals surface area contributed by atoms with Crippen LogP contribution in [0.15, 0.2) is 27.8 Å². The van der Waals surface area contributed by atoms with Crippen molar-refractivity contribution in [2.45, 2.75) is 0 Å². The van der Waals surface area contributed by atoms with Gasteiger partial charge < -0.3 is 5.11 Å². The Kier molecular flexibility index (Phi) is 2.92. The number of H-pyrrole nitrogens is 1. The van der Waals surface area contributed by atoms with Crippen LogP contribution in [0.3, 0.4) is 0 Å². The van der Waals surface area contributed by atoms with Gasteiger partial charge in [0.15, 0.2) is 0 Å². The SMILES string of the molecule is O=c1[nH]c(=O)n(-c2cc(F)ccc2Cl)c(O)c1F. The first-order chi connectivity index (χ1) is 8.41. The van der Waals surface area contributed by atoms with E-state index in [1.807, 2.05) is 0 Å². The van der Waals surface area contributed by atoms with Crippen molar-refractivity contribution in [3.8, 4) is 11.6 Å². The van der Waals surface area contributed by atoms with Crippen molar-refractivity contribution in [2.24, 2.45) is 0 Å². The Balaban J connectivity index is 2.88.